The van der Waals surface area contributed by atoms with Gasteiger partial charge in [0.2, 0.25) is 0 Å². The molecule has 2 aromatic heterocycles. The molecule has 7 nitrogen and oxygen atoms in total. The van der Waals surface area contributed by atoms with Crippen LogP contribution in [0.25, 0.3) is 21.5 Å². The average Bonchev–Trinajstić information content (AvgIpc) is 3.20. The number of nitrogens with one attached hydrogen (secondary N) is 1. The van der Waals surface area contributed by atoms with E-state index in [1.807, 2.05) is 26.0 Å². The van der Waals surface area contributed by atoms with Gasteiger partial charge in [0.15, 0.2) is 5.71 Å². The summed E-state index contributed by atoms with van der Waals surface area (Å²) in [6, 6.07) is 3.76. The van der Waals surface area contributed by atoms with Crippen molar-refractivity contribution in [3.8, 4) is 16.3 Å². The molecule has 2 heterocycles. The third-order valence-corrected chi connectivity index (χ3v) is 5.33. The van der Waals surface area contributed by atoms with E-state index in [0.29, 0.717) is 28.9 Å². The highest BCUT2D eigenvalue weighted by molar-refractivity contribution is 7.14. The molecular weight excluding hydrogens is 443 g/mol. The van der Waals surface area contributed by atoms with E-state index in [-0.39, 0.29) is 12.3 Å². The number of hydrogen-bond acceptors (Lipinski definition) is 8. The Kier molecular flexibility index (Phi) is 7.29. The van der Waals surface area contributed by atoms with Gasteiger partial charge in [-0.3, -0.25) is 0 Å². The van der Waals surface area contributed by atoms with Crippen LogP contribution in [0.4, 0.5) is 19.0 Å². The fourth-order valence-corrected chi connectivity index (χ4v) is 3.51. The highest BCUT2D eigenvalue weighted by Gasteiger charge is 2.33. The van der Waals surface area contributed by atoms with Crippen LogP contribution in [0.5, 0.6) is 5.75 Å². The second kappa shape index (κ2) is 9.94. The number of rotatable bonds is 8. The van der Waals surface area contributed by atoms with Crippen LogP contribution in [0.1, 0.15) is 25.1 Å². The monoisotopic (exact) mass is 465 g/mol. The molecule has 1 aromatic carbocycles. The SMILES string of the molecule is CC/C=C(\CNc1ncnc2c(OC)cc(-c3ncc(C)s3)cc12)O/N=C(\C)C(F)(F)F. The zero-order valence-corrected chi connectivity index (χ0v) is 18.8. The number of ether oxygens (including phenoxy) is 1. The summed E-state index contributed by atoms with van der Waals surface area (Å²) in [5.41, 5.74) is 0.367. The van der Waals surface area contributed by atoms with Crippen LogP contribution in [0.2, 0.25) is 0 Å². The van der Waals surface area contributed by atoms with Gasteiger partial charge in [-0.25, -0.2) is 15.0 Å². The van der Waals surface area contributed by atoms with Crippen molar-refractivity contribution >= 4 is 33.8 Å². The van der Waals surface area contributed by atoms with Crippen LogP contribution in [0, 0.1) is 6.92 Å². The van der Waals surface area contributed by atoms with Crippen molar-refractivity contribution in [3.63, 3.8) is 0 Å². The fraction of sp³-hybridized carbons (Fsp3) is 0.333. The van der Waals surface area contributed by atoms with Gasteiger partial charge >= 0.3 is 6.18 Å². The van der Waals surface area contributed by atoms with Crippen LogP contribution in [-0.2, 0) is 4.84 Å². The Labute approximate surface area is 187 Å². The second-order valence-electron chi connectivity index (χ2n) is 6.77. The van der Waals surface area contributed by atoms with Crippen molar-refractivity contribution in [1.82, 2.24) is 15.0 Å². The molecule has 0 bridgehead atoms. The quantitative estimate of drug-likeness (QED) is 0.260. The molecule has 0 radical (unpaired) electrons. The number of aromatic nitrogens is 3. The Morgan fingerprint density at radius 1 is 1.25 bits per heavy atom. The van der Waals surface area contributed by atoms with Gasteiger partial charge in [0, 0.05) is 22.0 Å². The Balaban J connectivity index is 1.91. The number of methoxy groups -OCH3 is 1. The highest BCUT2D eigenvalue weighted by atomic mass is 32.1. The summed E-state index contributed by atoms with van der Waals surface area (Å²) >= 11 is 1.55. The number of benzene rings is 1. The predicted molar refractivity (Wildman–Crippen MR) is 119 cm³/mol. The molecule has 3 rings (SSSR count). The van der Waals surface area contributed by atoms with Crippen molar-refractivity contribution < 1.29 is 22.7 Å². The zero-order valence-electron chi connectivity index (χ0n) is 17.9. The Morgan fingerprint density at radius 3 is 2.66 bits per heavy atom. The lowest BCUT2D eigenvalue weighted by Gasteiger charge is -2.13. The number of anilines is 1. The molecule has 0 saturated carbocycles. The van der Waals surface area contributed by atoms with E-state index in [0.717, 1.165) is 22.4 Å². The molecule has 0 atom stereocenters. The number of fused-ring (bicyclic) bond motifs is 1. The minimum atomic E-state index is -4.55. The van der Waals surface area contributed by atoms with Crippen LogP contribution in [-0.4, -0.2) is 40.5 Å². The van der Waals surface area contributed by atoms with Crippen molar-refractivity contribution in [3.05, 3.63) is 41.4 Å². The van der Waals surface area contributed by atoms with Crippen molar-refractivity contribution in [2.24, 2.45) is 5.16 Å². The van der Waals surface area contributed by atoms with E-state index in [1.165, 1.54) is 6.33 Å². The Bertz CT molecular complexity index is 1160. The normalized spacial score (nSPS) is 12.8. The van der Waals surface area contributed by atoms with E-state index in [9.17, 15) is 13.2 Å². The van der Waals surface area contributed by atoms with Gasteiger partial charge in [-0.05, 0) is 38.5 Å². The number of nitrogens with zero attached hydrogens (tertiary/aromatic N) is 4. The van der Waals surface area contributed by atoms with Crippen LogP contribution in [0.15, 0.2) is 41.6 Å². The molecule has 170 valence electrons. The highest BCUT2D eigenvalue weighted by Crippen LogP contribution is 2.35. The fourth-order valence-electron chi connectivity index (χ4n) is 2.76. The third kappa shape index (κ3) is 5.52. The summed E-state index contributed by atoms with van der Waals surface area (Å²) in [5.74, 6) is 1.27. The lowest BCUT2D eigenvalue weighted by molar-refractivity contribution is -0.0618. The van der Waals surface area contributed by atoms with Crippen molar-refractivity contribution in [2.75, 3.05) is 19.0 Å². The molecular formula is C21H22F3N5O2S. The summed E-state index contributed by atoms with van der Waals surface area (Å²) in [6.45, 7) is 4.75. The summed E-state index contributed by atoms with van der Waals surface area (Å²) in [5, 5.41) is 7.80. The standard InChI is InChI=1S/C21H22F3N5O2S/c1-5-6-15(31-29-13(3)21(22,23)24)10-25-19-16-7-14(20-26-9-12(2)32-20)8-17(30-4)18(16)27-11-28-19/h6-9,11H,5,10H2,1-4H3,(H,25,27,28)/b15-6+,29-13+. The van der Waals surface area contributed by atoms with Crippen LogP contribution in [0.3, 0.4) is 0 Å². The molecule has 0 saturated heterocycles. The number of oxime groups is 1. The lowest BCUT2D eigenvalue weighted by Crippen LogP contribution is -2.20. The van der Waals surface area contributed by atoms with Gasteiger partial charge < -0.3 is 14.9 Å². The summed E-state index contributed by atoms with van der Waals surface area (Å²) < 4.78 is 43.6. The van der Waals surface area contributed by atoms with E-state index in [4.69, 9.17) is 9.57 Å². The first-order valence-corrected chi connectivity index (χ1v) is 10.5. The van der Waals surface area contributed by atoms with E-state index in [1.54, 1.807) is 30.7 Å². The van der Waals surface area contributed by atoms with E-state index >= 15 is 0 Å². The maximum atomic E-state index is 12.7. The molecule has 0 spiro atoms. The average molecular weight is 466 g/mol. The van der Waals surface area contributed by atoms with Gasteiger partial charge in [0.25, 0.3) is 0 Å². The van der Waals surface area contributed by atoms with Gasteiger partial charge in [-0.15, -0.1) is 11.3 Å². The molecule has 1 N–H and O–H groups in total. The van der Waals surface area contributed by atoms with Crippen molar-refractivity contribution in [1.29, 1.82) is 0 Å². The van der Waals surface area contributed by atoms with Gasteiger partial charge in [-0.2, -0.15) is 13.2 Å². The maximum Gasteiger partial charge on any atom is 0.432 e. The molecule has 0 unspecified atom stereocenters. The zero-order chi connectivity index (χ0) is 23.3. The molecule has 0 fully saturated rings. The number of halogens is 3. The summed E-state index contributed by atoms with van der Waals surface area (Å²) in [6.07, 6.45) is 0.836. The number of hydrogen-bond donors (Lipinski definition) is 1. The third-order valence-electron chi connectivity index (χ3n) is 4.36. The Hall–Kier alpha value is -3.21. The first-order valence-electron chi connectivity index (χ1n) is 9.70. The molecule has 3 aromatic rings. The first kappa shape index (κ1) is 23.5. The first-order chi connectivity index (χ1) is 15.2. The predicted octanol–water partition coefficient (Wildman–Crippen LogP) is 5.73. The Morgan fingerprint density at radius 2 is 2.03 bits per heavy atom. The molecule has 0 aliphatic heterocycles. The van der Waals surface area contributed by atoms with E-state index < -0.39 is 11.9 Å². The molecule has 0 amide bonds. The second-order valence-corrected chi connectivity index (χ2v) is 8.01. The topological polar surface area (TPSA) is 81.5 Å². The number of aryl methyl sites for hydroxylation is 1. The molecule has 0 aliphatic carbocycles. The molecule has 11 heteroatoms. The molecule has 32 heavy (non-hydrogen) atoms. The summed E-state index contributed by atoms with van der Waals surface area (Å²) in [4.78, 5) is 19.1. The largest absolute Gasteiger partial charge is 0.494 e. The number of alkyl halides is 3. The van der Waals surface area contributed by atoms with Crippen LogP contribution < -0.4 is 10.1 Å². The minimum Gasteiger partial charge on any atom is -0.494 e. The van der Waals surface area contributed by atoms with Crippen LogP contribution >= 0.6 is 11.3 Å². The van der Waals surface area contributed by atoms with Crippen molar-refractivity contribution in [2.45, 2.75) is 33.4 Å². The van der Waals surface area contributed by atoms with Gasteiger partial charge in [-0.1, -0.05) is 12.1 Å². The minimum absolute atomic E-state index is 0.0808. The maximum absolute atomic E-state index is 12.7. The molecule has 0 aliphatic rings. The van der Waals surface area contributed by atoms with Gasteiger partial charge in [0.1, 0.15) is 34.2 Å². The smallest absolute Gasteiger partial charge is 0.432 e. The number of allylic oxidation sites excluding steroid dienone is 1. The summed E-state index contributed by atoms with van der Waals surface area (Å²) in [7, 11) is 1.55. The lowest BCUT2D eigenvalue weighted by atomic mass is 10.1. The number of thiazole rings is 1. The van der Waals surface area contributed by atoms with E-state index in [2.05, 4.69) is 25.4 Å². The van der Waals surface area contributed by atoms with Gasteiger partial charge in [0.05, 0.1) is 13.7 Å².